The molecule has 0 aromatic carbocycles. The molecule has 0 aromatic heterocycles. The van der Waals surface area contributed by atoms with Crippen molar-refractivity contribution in [3.05, 3.63) is 0 Å². The van der Waals surface area contributed by atoms with Crippen LogP contribution in [0.25, 0.3) is 0 Å². The van der Waals surface area contributed by atoms with Gasteiger partial charge in [0.25, 0.3) is 0 Å². The Bertz CT molecular complexity index is 179. The standard InChI is InChI=1S/C7H10O4/c1-9-6-4-2-3-5(10-4)11-7(6)8/h4-6H,2-3H2,1H3/t4-,5-,6-/m0/s1. The fourth-order valence-electron chi connectivity index (χ4n) is 1.54. The molecule has 0 aromatic rings. The monoisotopic (exact) mass is 158 g/mol. The van der Waals surface area contributed by atoms with Gasteiger partial charge in [0.2, 0.25) is 6.29 Å². The van der Waals surface area contributed by atoms with Gasteiger partial charge in [0.05, 0.1) is 6.10 Å². The van der Waals surface area contributed by atoms with Gasteiger partial charge in [0.15, 0.2) is 6.10 Å². The van der Waals surface area contributed by atoms with Crippen molar-refractivity contribution in [3.8, 4) is 0 Å². The number of rotatable bonds is 1. The molecule has 3 atom stereocenters. The summed E-state index contributed by atoms with van der Waals surface area (Å²) < 4.78 is 15.1. The maximum Gasteiger partial charge on any atom is 0.340 e. The third-order valence-electron chi connectivity index (χ3n) is 2.08. The molecule has 0 amide bonds. The zero-order valence-electron chi connectivity index (χ0n) is 6.28. The lowest BCUT2D eigenvalue weighted by Gasteiger charge is -2.26. The van der Waals surface area contributed by atoms with Gasteiger partial charge in [-0.1, -0.05) is 0 Å². The molecule has 0 spiro atoms. The molecule has 0 N–H and O–H groups in total. The quantitative estimate of drug-likeness (QED) is 0.506. The topological polar surface area (TPSA) is 44.8 Å². The molecule has 2 saturated heterocycles. The van der Waals surface area contributed by atoms with Crippen LogP contribution in [0.1, 0.15) is 12.8 Å². The lowest BCUT2D eigenvalue weighted by Crippen LogP contribution is -2.43. The summed E-state index contributed by atoms with van der Waals surface area (Å²) in [4.78, 5) is 11.1. The molecule has 4 nitrogen and oxygen atoms in total. The van der Waals surface area contributed by atoms with Crippen LogP contribution in [0.15, 0.2) is 0 Å². The van der Waals surface area contributed by atoms with E-state index in [2.05, 4.69) is 0 Å². The van der Waals surface area contributed by atoms with E-state index in [0.29, 0.717) is 0 Å². The first-order chi connectivity index (χ1) is 5.31. The fourth-order valence-corrected chi connectivity index (χ4v) is 1.54. The number of fused-ring (bicyclic) bond motifs is 2. The van der Waals surface area contributed by atoms with Crippen molar-refractivity contribution in [2.45, 2.75) is 31.3 Å². The Balaban J connectivity index is 2.13. The summed E-state index contributed by atoms with van der Waals surface area (Å²) in [6.07, 6.45) is 0.768. The second-order valence-electron chi connectivity index (χ2n) is 2.77. The van der Waals surface area contributed by atoms with E-state index in [1.165, 1.54) is 7.11 Å². The summed E-state index contributed by atoms with van der Waals surface area (Å²) in [6.45, 7) is 0. The number of esters is 1. The van der Waals surface area contributed by atoms with E-state index >= 15 is 0 Å². The number of hydrogen-bond acceptors (Lipinski definition) is 4. The minimum Gasteiger partial charge on any atom is -0.434 e. The maximum atomic E-state index is 11.1. The van der Waals surface area contributed by atoms with E-state index < -0.39 is 6.10 Å². The van der Waals surface area contributed by atoms with Crippen molar-refractivity contribution in [3.63, 3.8) is 0 Å². The van der Waals surface area contributed by atoms with Crippen molar-refractivity contribution in [1.29, 1.82) is 0 Å². The Morgan fingerprint density at radius 1 is 1.55 bits per heavy atom. The molecule has 0 aliphatic carbocycles. The van der Waals surface area contributed by atoms with Crippen LogP contribution < -0.4 is 0 Å². The highest BCUT2D eigenvalue weighted by atomic mass is 16.7. The largest absolute Gasteiger partial charge is 0.434 e. The predicted octanol–water partition coefficient (Wildman–Crippen LogP) is 0.0633. The molecule has 2 heterocycles. The first kappa shape index (κ1) is 7.06. The van der Waals surface area contributed by atoms with Crippen LogP contribution >= 0.6 is 0 Å². The van der Waals surface area contributed by atoms with Crippen LogP contribution in [0.3, 0.4) is 0 Å². The molecule has 2 aliphatic heterocycles. The fraction of sp³-hybridized carbons (Fsp3) is 0.857. The van der Waals surface area contributed by atoms with Gasteiger partial charge >= 0.3 is 5.97 Å². The summed E-state index contributed by atoms with van der Waals surface area (Å²) in [6, 6.07) is 0. The molecule has 2 aliphatic rings. The average molecular weight is 158 g/mol. The smallest absolute Gasteiger partial charge is 0.340 e. The van der Waals surface area contributed by atoms with Crippen molar-refractivity contribution in [2.75, 3.05) is 7.11 Å². The van der Waals surface area contributed by atoms with Crippen LogP contribution in [0.5, 0.6) is 0 Å². The Kier molecular flexibility index (Phi) is 1.58. The molecule has 0 unspecified atom stereocenters. The van der Waals surface area contributed by atoms with E-state index in [0.717, 1.165) is 12.8 Å². The minimum atomic E-state index is -0.506. The molecule has 0 saturated carbocycles. The van der Waals surface area contributed by atoms with Crippen molar-refractivity contribution >= 4 is 5.97 Å². The highest BCUT2D eigenvalue weighted by Gasteiger charge is 2.44. The highest BCUT2D eigenvalue weighted by Crippen LogP contribution is 2.29. The number of carbonyl (C=O) groups excluding carboxylic acids is 1. The first-order valence-electron chi connectivity index (χ1n) is 3.70. The molecule has 2 bridgehead atoms. The van der Waals surface area contributed by atoms with Crippen LogP contribution in [0.2, 0.25) is 0 Å². The normalized spacial score (nSPS) is 42.3. The molecule has 4 heteroatoms. The minimum absolute atomic E-state index is 0.0775. The lowest BCUT2D eigenvalue weighted by molar-refractivity contribution is -0.221. The summed E-state index contributed by atoms with van der Waals surface area (Å²) in [5.74, 6) is -0.286. The van der Waals surface area contributed by atoms with Gasteiger partial charge < -0.3 is 14.2 Å². The van der Waals surface area contributed by atoms with Gasteiger partial charge in [-0.05, 0) is 6.42 Å². The van der Waals surface area contributed by atoms with Gasteiger partial charge in [-0.25, -0.2) is 4.79 Å². The van der Waals surface area contributed by atoms with Crippen molar-refractivity contribution < 1.29 is 19.0 Å². The maximum absolute atomic E-state index is 11.1. The number of methoxy groups -OCH3 is 1. The van der Waals surface area contributed by atoms with Gasteiger partial charge in [0, 0.05) is 13.5 Å². The molecule has 0 radical (unpaired) electrons. The second-order valence-corrected chi connectivity index (χ2v) is 2.77. The zero-order valence-corrected chi connectivity index (χ0v) is 6.28. The Morgan fingerprint density at radius 3 is 3.09 bits per heavy atom. The van der Waals surface area contributed by atoms with E-state index in [4.69, 9.17) is 14.2 Å². The summed E-state index contributed by atoms with van der Waals surface area (Å²) >= 11 is 0. The van der Waals surface area contributed by atoms with E-state index in [1.54, 1.807) is 0 Å². The second kappa shape index (κ2) is 2.46. The van der Waals surface area contributed by atoms with Gasteiger partial charge in [-0.3, -0.25) is 0 Å². The Morgan fingerprint density at radius 2 is 2.36 bits per heavy atom. The Hall–Kier alpha value is -0.610. The molecule has 2 fully saturated rings. The third kappa shape index (κ3) is 1.02. The van der Waals surface area contributed by atoms with Crippen LogP contribution in [0.4, 0.5) is 0 Å². The van der Waals surface area contributed by atoms with Gasteiger partial charge in [-0.2, -0.15) is 0 Å². The van der Waals surface area contributed by atoms with Crippen molar-refractivity contribution in [1.82, 2.24) is 0 Å². The summed E-state index contributed by atoms with van der Waals surface area (Å²) in [7, 11) is 1.49. The van der Waals surface area contributed by atoms with E-state index in [9.17, 15) is 4.79 Å². The van der Waals surface area contributed by atoms with Crippen molar-refractivity contribution in [2.24, 2.45) is 0 Å². The highest BCUT2D eigenvalue weighted by molar-refractivity contribution is 5.76. The lowest BCUT2D eigenvalue weighted by atomic mass is 10.1. The first-order valence-corrected chi connectivity index (χ1v) is 3.70. The Labute approximate surface area is 64.4 Å². The third-order valence-corrected chi connectivity index (χ3v) is 2.08. The molecule has 11 heavy (non-hydrogen) atoms. The molecule has 2 rings (SSSR count). The number of hydrogen-bond donors (Lipinski definition) is 0. The summed E-state index contributed by atoms with van der Waals surface area (Å²) in [5, 5.41) is 0. The summed E-state index contributed by atoms with van der Waals surface area (Å²) in [5.41, 5.74) is 0. The van der Waals surface area contributed by atoms with Gasteiger partial charge in [0.1, 0.15) is 0 Å². The van der Waals surface area contributed by atoms with Crippen LogP contribution in [-0.4, -0.2) is 31.6 Å². The van der Waals surface area contributed by atoms with Crippen LogP contribution in [-0.2, 0) is 19.0 Å². The average Bonchev–Trinajstić information content (AvgIpc) is 2.34. The SMILES string of the molecule is CO[C@@H]1C(=O)O[C@H]2CC[C@@H]1O2. The zero-order chi connectivity index (χ0) is 7.84. The van der Waals surface area contributed by atoms with E-state index in [1.807, 2.05) is 0 Å². The number of carbonyl (C=O) groups is 1. The van der Waals surface area contributed by atoms with Gasteiger partial charge in [-0.15, -0.1) is 0 Å². The predicted molar refractivity (Wildman–Crippen MR) is 34.8 cm³/mol. The molecular weight excluding hydrogens is 148 g/mol. The van der Waals surface area contributed by atoms with Crippen LogP contribution in [0, 0.1) is 0 Å². The molecular formula is C7H10O4. The number of ether oxygens (including phenoxy) is 3. The molecule has 62 valence electrons. The van der Waals surface area contributed by atoms with E-state index in [-0.39, 0.29) is 18.4 Å².